The minimum absolute atomic E-state index is 0.188. The lowest BCUT2D eigenvalue weighted by Crippen LogP contribution is -2.30. The van der Waals surface area contributed by atoms with Crippen molar-refractivity contribution in [1.82, 2.24) is 5.32 Å². The zero-order valence-electron chi connectivity index (χ0n) is 23.8. The minimum Gasteiger partial charge on any atom is -0.457 e. The molecule has 2 aliphatic carbocycles. The van der Waals surface area contributed by atoms with Gasteiger partial charge in [0.1, 0.15) is 11.5 Å². The Labute approximate surface area is 255 Å². The van der Waals surface area contributed by atoms with Gasteiger partial charge in [0.2, 0.25) is 0 Å². The Morgan fingerprint density at radius 1 is 0.884 bits per heavy atom. The fourth-order valence-electron chi connectivity index (χ4n) is 6.16. The topological polar surface area (TPSA) is 21.3 Å². The number of hydrogen-bond donors (Lipinski definition) is 1. The Bertz CT molecular complexity index is 1730. The third-order valence-electron chi connectivity index (χ3n) is 8.61. The van der Waals surface area contributed by atoms with E-state index in [1.54, 1.807) is 18.2 Å². The number of alkyl halides is 3. The summed E-state index contributed by atoms with van der Waals surface area (Å²) >= 11 is 5.96. The van der Waals surface area contributed by atoms with Gasteiger partial charge in [-0.1, -0.05) is 73.8 Å². The third kappa shape index (κ3) is 6.90. The Hall–Kier alpha value is -3.80. The number of benzene rings is 3. The van der Waals surface area contributed by atoms with Crippen molar-refractivity contribution in [2.75, 3.05) is 6.54 Å². The number of rotatable bonds is 9. The molecular weight excluding hydrogens is 567 g/mol. The summed E-state index contributed by atoms with van der Waals surface area (Å²) in [5.74, 6) is 1.58. The minimum atomic E-state index is -4.17. The van der Waals surface area contributed by atoms with Crippen molar-refractivity contribution >= 4 is 34.9 Å². The molecule has 6 heteroatoms. The SMILES string of the molecule is C=C(C1=CC1CC(F)(F)F)c1ccc2c(c1)=CC(CC1CNC(C(=C)c3ccc(Oc4ccc(Cl)cc4)cc3)C1)C(=C)C=2. The second-order valence-corrected chi connectivity index (χ2v) is 12.2. The Morgan fingerprint density at radius 3 is 2.26 bits per heavy atom. The molecule has 0 radical (unpaired) electrons. The molecule has 220 valence electrons. The number of halogens is 4. The van der Waals surface area contributed by atoms with Crippen molar-refractivity contribution in [3.63, 3.8) is 0 Å². The maximum absolute atomic E-state index is 12.8. The predicted molar refractivity (Wildman–Crippen MR) is 170 cm³/mol. The molecule has 0 saturated carbocycles. The number of nitrogens with one attached hydrogen (secondary N) is 1. The van der Waals surface area contributed by atoms with Gasteiger partial charge in [-0.25, -0.2) is 0 Å². The van der Waals surface area contributed by atoms with Gasteiger partial charge in [-0.3, -0.25) is 0 Å². The van der Waals surface area contributed by atoms with E-state index in [0.29, 0.717) is 22.1 Å². The normalized spacial score (nSPS) is 22.6. The maximum atomic E-state index is 12.8. The van der Waals surface area contributed by atoms with Gasteiger partial charge in [0.25, 0.3) is 0 Å². The first-order valence-electron chi connectivity index (χ1n) is 14.5. The average Bonchev–Trinajstić information content (AvgIpc) is 3.56. The van der Waals surface area contributed by atoms with Crippen molar-refractivity contribution in [1.29, 1.82) is 0 Å². The van der Waals surface area contributed by atoms with E-state index in [0.717, 1.165) is 63.6 Å². The summed E-state index contributed by atoms with van der Waals surface area (Å²) in [7, 11) is 0. The van der Waals surface area contributed by atoms with E-state index in [4.69, 9.17) is 16.3 Å². The van der Waals surface area contributed by atoms with Crippen LogP contribution in [0.4, 0.5) is 13.2 Å². The molecule has 0 aromatic heterocycles. The highest BCUT2D eigenvalue weighted by Gasteiger charge is 2.39. The van der Waals surface area contributed by atoms with Crippen LogP contribution in [0.25, 0.3) is 23.3 Å². The van der Waals surface area contributed by atoms with E-state index in [1.165, 1.54) is 0 Å². The van der Waals surface area contributed by atoms with Crippen LogP contribution in [0.2, 0.25) is 5.02 Å². The van der Waals surface area contributed by atoms with Gasteiger partial charge in [0, 0.05) is 22.9 Å². The van der Waals surface area contributed by atoms with E-state index < -0.39 is 18.5 Å². The van der Waals surface area contributed by atoms with Gasteiger partial charge in [-0.05, 0) is 112 Å². The fraction of sp³-hybridized carbons (Fsp3) is 0.243. The molecule has 0 amide bonds. The Kier molecular flexibility index (Phi) is 7.97. The summed E-state index contributed by atoms with van der Waals surface area (Å²) in [6, 6.07) is 21.5. The van der Waals surface area contributed by atoms with Crippen LogP contribution >= 0.6 is 11.6 Å². The fourth-order valence-corrected chi connectivity index (χ4v) is 6.28. The molecule has 1 N–H and O–H groups in total. The number of allylic oxidation sites excluding steroid dienone is 4. The quantitative estimate of drug-likeness (QED) is 0.266. The van der Waals surface area contributed by atoms with Gasteiger partial charge in [0.05, 0.1) is 6.42 Å². The van der Waals surface area contributed by atoms with Gasteiger partial charge < -0.3 is 10.1 Å². The first-order chi connectivity index (χ1) is 20.5. The molecule has 3 aromatic carbocycles. The first kappa shape index (κ1) is 29.3. The smallest absolute Gasteiger partial charge is 0.390 e. The predicted octanol–water partition coefficient (Wildman–Crippen LogP) is 8.48. The van der Waals surface area contributed by atoms with Crippen LogP contribution in [0.5, 0.6) is 11.5 Å². The molecule has 0 bridgehead atoms. The molecule has 1 fully saturated rings. The monoisotopic (exact) mass is 599 g/mol. The van der Waals surface area contributed by atoms with E-state index in [9.17, 15) is 13.2 Å². The highest BCUT2D eigenvalue weighted by Crippen LogP contribution is 2.45. The molecule has 6 rings (SSSR count). The number of hydrogen-bond acceptors (Lipinski definition) is 2. The van der Waals surface area contributed by atoms with E-state index in [1.807, 2.05) is 48.5 Å². The van der Waals surface area contributed by atoms with Crippen LogP contribution < -0.4 is 20.5 Å². The van der Waals surface area contributed by atoms with Crippen LogP contribution in [0.15, 0.2) is 104 Å². The summed E-state index contributed by atoms with van der Waals surface area (Å²) in [4.78, 5) is 0. The summed E-state index contributed by atoms with van der Waals surface area (Å²) in [6.07, 6.45) is 3.00. The molecule has 43 heavy (non-hydrogen) atoms. The zero-order valence-corrected chi connectivity index (χ0v) is 24.5. The molecular formula is C37H33ClF3NO. The van der Waals surface area contributed by atoms with Gasteiger partial charge in [-0.15, -0.1) is 0 Å². The van der Waals surface area contributed by atoms with E-state index >= 15 is 0 Å². The van der Waals surface area contributed by atoms with Crippen LogP contribution in [0, 0.1) is 17.8 Å². The van der Waals surface area contributed by atoms with Gasteiger partial charge in [-0.2, -0.15) is 13.2 Å². The lowest BCUT2D eigenvalue weighted by molar-refractivity contribution is -0.136. The molecule has 1 heterocycles. The lowest BCUT2D eigenvalue weighted by Gasteiger charge is -2.21. The summed E-state index contributed by atoms with van der Waals surface area (Å²) in [5, 5.41) is 6.48. The van der Waals surface area contributed by atoms with Crippen molar-refractivity contribution in [3.05, 3.63) is 130 Å². The molecule has 3 aliphatic rings. The van der Waals surface area contributed by atoms with Crippen LogP contribution in [0.1, 0.15) is 30.4 Å². The number of ether oxygens (including phenoxy) is 1. The standard InChI is InChI=1S/C37H33ClF3NO/c1-22-14-28-5-4-27(23(2)35-19-31(35)20-37(39,40)41)17-30(28)18-29(22)15-25-16-36(42-21-25)24(3)26-6-10-33(11-7-26)43-34-12-8-32(38)9-13-34/h4-14,17-19,25,29,31,36,42H,1-3,15-16,20-21H2. The largest absolute Gasteiger partial charge is 0.457 e. The molecule has 4 atom stereocenters. The van der Waals surface area contributed by atoms with Crippen molar-refractivity contribution in [2.45, 2.75) is 31.5 Å². The summed E-state index contributed by atoms with van der Waals surface area (Å²) in [5.41, 5.74) is 5.46. The van der Waals surface area contributed by atoms with Crippen molar-refractivity contribution < 1.29 is 17.9 Å². The van der Waals surface area contributed by atoms with Gasteiger partial charge >= 0.3 is 6.18 Å². The van der Waals surface area contributed by atoms with E-state index in [-0.39, 0.29) is 12.0 Å². The molecule has 1 saturated heterocycles. The maximum Gasteiger partial charge on any atom is 0.390 e. The molecule has 0 spiro atoms. The molecule has 3 aromatic rings. The molecule has 4 unspecified atom stereocenters. The molecule has 1 aliphatic heterocycles. The third-order valence-corrected chi connectivity index (χ3v) is 8.86. The number of fused-ring (bicyclic) bond motifs is 1. The Morgan fingerprint density at radius 2 is 1.56 bits per heavy atom. The zero-order chi connectivity index (χ0) is 30.3. The van der Waals surface area contributed by atoms with E-state index in [2.05, 4.69) is 43.3 Å². The molecule has 2 nitrogen and oxygen atoms in total. The average molecular weight is 600 g/mol. The van der Waals surface area contributed by atoms with Crippen LogP contribution in [0.3, 0.4) is 0 Å². The first-order valence-corrected chi connectivity index (χ1v) is 14.9. The van der Waals surface area contributed by atoms with Crippen molar-refractivity contribution in [3.8, 4) is 11.5 Å². The summed E-state index contributed by atoms with van der Waals surface area (Å²) < 4.78 is 44.3. The highest BCUT2D eigenvalue weighted by molar-refractivity contribution is 6.30. The Balaban J connectivity index is 1.07. The summed E-state index contributed by atoms with van der Waals surface area (Å²) in [6.45, 7) is 13.8. The second kappa shape index (κ2) is 11.7. The lowest BCUT2D eigenvalue weighted by atomic mass is 9.83. The van der Waals surface area contributed by atoms with Crippen LogP contribution in [-0.4, -0.2) is 18.8 Å². The van der Waals surface area contributed by atoms with Gasteiger partial charge in [0.15, 0.2) is 0 Å². The van der Waals surface area contributed by atoms with Crippen LogP contribution in [-0.2, 0) is 0 Å². The second-order valence-electron chi connectivity index (χ2n) is 11.8. The van der Waals surface area contributed by atoms with Crippen molar-refractivity contribution in [2.24, 2.45) is 17.8 Å². The highest BCUT2D eigenvalue weighted by atomic mass is 35.5.